The van der Waals surface area contributed by atoms with Gasteiger partial charge in [-0.1, -0.05) is 12.1 Å². The third-order valence-electron chi connectivity index (χ3n) is 3.29. The number of nitrogens with one attached hydrogen (secondary N) is 2. The summed E-state index contributed by atoms with van der Waals surface area (Å²) in [5, 5.41) is 13.8. The fourth-order valence-corrected chi connectivity index (χ4v) is 2.09. The first-order valence-corrected chi connectivity index (χ1v) is 7.40. The van der Waals surface area contributed by atoms with Crippen molar-refractivity contribution in [2.45, 2.75) is 6.42 Å². The van der Waals surface area contributed by atoms with Gasteiger partial charge in [0, 0.05) is 12.2 Å². The van der Waals surface area contributed by atoms with Crippen LogP contribution < -0.4 is 10.6 Å². The minimum Gasteiger partial charge on any atom is -0.368 e. The quantitative estimate of drug-likeness (QED) is 0.725. The molecule has 0 aliphatic rings. The van der Waals surface area contributed by atoms with Gasteiger partial charge in [-0.25, -0.2) is 8.78 Å². The van der Waals surface area contributed by atoms with Gasteiger partial charge in [0.15, 0.2) is 5.82 Å². The Bertz CT molecular complexity index is 791. The molecule has 0 amide bonds. The Morgan fingerprint density at radius 3 is 2.25 bits per heavy atom. The molecule has 0 unspecified atom stereocenters. The van der Waals surface area contributed by atoms with Gasteiger partial charge in [0.1, 0.15) is 11.6 Å². The molecule has 3 rings (SSSR count). The summed E-state index contributed by atoms with van der Waals surface area (Å²) in [6, 6.07) is 12.2. The van der Waals surface area contributed by atoms with Crippen LogP contribution in [0, 0.1) is 11.6 Å². The van der Waals surface area contributed by atoms with Gasteiger partial charge < -0.3 is 10.6 Å². The summed E-state index contributed by atoms with van der Waals surface area (Å²) in [5.74, 6) is 0.323. The number of anilines is 3. The number of halogens is 2. The first-order valence-electron chi connectivity index (χ1n) is 7.40. The molecule has 0 fully saturated rings. The largest absolute Gasteiger partial charge is 0.368 e. The molecule has 3 aromatic rings. The Kier molecular flexibility index (Phi) is 4.90. The van der Waals surface area contributed by atoms with Gasteiger partial charge in [0.05, 0.1) is 6.20 Å². The van der Waals surface area contributed by atoms with Crippen LogP contribution in [0.4, 0.5) is 26.2 Å². The second-order valence-electron chi connectivity index (χ2n) is 5.10. The minimum atomic E-state index is -0.309. The number of rotatable bonds is 6. The van der Waals surface area contributed by atoms with Gasteiger partial charge in [-0.3, -0.25) is 0 Å². The first kappa shape index (κ1) is 15.8. The highest BCUT2D eigenvalue weighted by atomic mass is 19.1. The zero-order valence-corrected chi connectivity index (χ0v) is 12.7. The van der Waals surface area contributed by atoms with Crippen molar-refractivity contribution >= 4 is 17.5 Å². The first-order chi connectivity index (χ1) is 11.7. The van der Waals surface area contributed by atoms with Crippen molar-refractivity contribution < 1.29 is 8.78 Å². The molecule has 24 heavy (non-hydrogen) atoms. The van der Waals surface area contributed by atoms with E-state index in [2.05, 4.69) is 25.8 Å². The fourth-order valence-electron chi connectivity index (χ4n) is 2.09. The molecule has 0 bridgehead atoms. The zero-order valence-electron chi connectivity index (χ0n) is 12.7. The summed E-state index contributed by atoms with van der Waals surface area (Å²) in [6.45, 7) is 0.625. The molecular formula is C17H15F2N5. The summed E-state index contributed by atoms with van der Waals surface area (Å²) >= 11 is 0. The van der Waals surface area contributed by atoms with Crippen LogP contribution in [0.25, 0.3) is 0 Å². The van der Waals surface area contributed by atoms with Gasteiger partial charge in [-0.15, -0.1) is 5.10 Å². The second-order valence-corrected chi connectivity index (χ2v) is 5.10. The molecule has 0 aliphatic carbocycles. The molecule has 0 saturated carbocycles. The van der Waals surface area contributed by atoms with Gasteiger partial charge in [-0.05, 0) is 48.4 Å². The smallest absolute Gasteiger partial charge is 0.249 e. The number of aromatic nitrogens is 3. The van der Waals surface area contributed by atoms with Crippen LogP contribution in [0.15, 0.2) is 54.7 Å². The SMILES string of the molecule is Fc1ccc(CCNc2cnnc(Nc3ccc(F)cc3)n2)cc1. The van der Waals surface area contributed by atoms with E-state index >= 15 is 0 Å². The highest BCUT2D eigenvalue weighted by Gasteiger charge is 2.02. The van der Waals surface area contributed by atoms with E-state index in [-0.39, 0.29) is 11.6 Å². The lowest BCUT2D eigenvalue weighted by Crippen LogP contribution is -2.08. The van der Waals surface area contributed by atoms with Crippen molar-refractivity contribution in [1.82, 2.24) is 15.2 Å². The van der Waals surface area contributed by atoms with E-state index in [9.17, 15) is 8.78 Å². The Morgan fingerprint density at radius 2 is 1.54 bits per heavy atom. The molecule has 2 aromatic carbocycles. The van der Waals surface area contributed by atoms with E-state index < -0.39 is 0 Å². The van der Waals surface area contributed by atoms with Crippen LogP contribution in [-0.4, -0.2) is 21.7 Å². The van der Waals surface area contributed by atoms with Gasteiger partial charge in [0.2, 0.25) is 5.95 Å². The molecular weight excluding hydrogens is 312 g/mol. The maximum atomic E-state index is 12.9. The molecule has 1 aromatic heterocycles. The van der Waals surface area contributed by atoms with Gasteiger partial charge in [0.25, 0.3) is 0 Å². The summed E-state index contributed by atoms with van der Waals surface area (Å²) in [6.07, 6.45) is 2.24. The van der Waals surface area contributed by atoms with Crippen molar-refractivity contribution in [3.8, 4) is 0 Å². The van der Waals surface area contributed by atoms with Crippen molar-refractivity contribution in [2.75, 3.05) is 17.2 Å². The summed E-state index contributed by atoms with van der Waals surface area (Å²) < 4.78 is 25.7. The Labute approximate surface area is 137 Å². The van der Waals surface area contributed by atoms with Crippen LogP contribution >= 0.6 is 0 Å². The van der Waals surface area contributed by atoms with Crippen molar-refractivity contribution in [3.05, 3.63) is 71.9 Å². The molecule has 0 spiro atoms. The number of nitrogens with zero attached hydrogens (tertiary/aromatic N) is 3. The molecule has 0 saturated heterocycles. The highest BCUT2D eigenvalue weighted by molar-refractivity contribution is 5.53. The topological polar surface area (TPSA) is 62.7 Å². The number of hydrogen-bond donors (Lipinski definition) is 2. The predicted octanol–water partition coefficient (Wildman–Crippen LogP) is 3.55. The van der Waals surface area contributed by atoms with E-state index in [0.717, 1.165) is 12.0 Å². The van der Waals surface area contributed by atoms with Gasteiger partial charge in [-0.2, -0.15) is 10.1 Å². The zero-order chi connectivity index (χ0) is 16.8. The Hall–Kier alpha value is -3.09. The molecule has 0 aliphatic heterocycles. The molecule has 5 nitrogen and oxygen atoms in total. The lowest BCUT2D eigenvalue weighted by molar-refractivity contribution is 0.627. The van der Waals surface area contributed by atoms with E-state index in [0.29, 0.717) is 24.0 Å². The normalized spacial score (nSPS) is 10.4. The van der Waals surface area contributed by atoms with Crippen LogP contribution in [0.2, 0.25) is 0 Å². The molecule has 122 valence electrons. The van der Waals surface area contributed by atoms with E-state index in [4.69, 9.17) is 0 Å². The van der Waals surface area contributed by atoms with Crippen molar-refractivity contribution in [1.29, 1.82) is 0 Å². The fraction of sp³-hybridized carbons (Fsp3) is 0.118. The van der Waals surface area contributed by atoms with E-state index in [1.54, 1.807) is 24.3 Å². The third-order valence-corrected chi connectivity index (χ3v) is 3.29. The van der Waals surface area contributed by atoms with Crippen LogP contribution in [-0.2, 0) is 6.42 Å². The lowest BCUT2D eigenvalue weighted by Gasteiger charge is -2.08. The maximum Gasteiger partial charge on any atom is 0.249 e. The molecule has 0 radical (unpaired) electrons. The van der Waals surface area contributed by atoms with Crippen molar-refractivity contribution in [2.24, 2.45) is 0 Å². The Balaban J connectivity index is 1.56. The van der Waals surface area contributed by atoms with E-state index in [1.165, 1.54) is 30.5 Å². The predicted molar refractivity (Wildman–Crippen MR) is 88.1 cm³/mol. The summed E-state index contributed by atoms with van der Waals surface area (Å²) in [4.78, 5) is 4.29. The monoisotopic (exact) mass is 327 g/mol. The maximum absolute atomic E-state index is 12.9. The molecule has 0 atom stereocenters. The summed E-state index contributed by atoms with van der Waals surface area (Å²) in [7, 11) is 0. The van der Waals surface area contributed by atoms with E-state index in [1.807, 2.05) is 0 Å². The average Bonchev–Trinajstić information content (AvgIpc) is 2.59. The minimum absolute atomic E-state index is 0.247. The summed E-state index contributed by atoms with van der Waals surface area (Å²) in [5.41, 5.74) is 1.69. The number of benzene rings is 2. The lowest BCUT2D eigenvalue weighted by atomic mass is 10.1. The van der Waals surface area contributed by atoms with Crippen molar-refractivity contribution in [3.63, 3.8) is 0 Å². The number of hydrogen-bond acceptors (Lipinski definition) is 5. The Morgan fingerprint density at radius 1 is 0.875 bits per heavy atom. The van der Waals surface area contributed by atoms with Crippen LogP contribution in [0.5, 0.6) is 0 Å². The molecule has 7 heteroatoms. The average molecular weight is 327 g/mol. The second kappa shape index (κ2) is 7.45. The standard InChI is InChI=1S/C17H15F2N5/c18-13-3-1-12(2-4-13)9-10-20-16-11-21-24-17(23-16)22-15-7-5-14(19)6-8-15/h1-8,11H,9-10H2,(H2,20,22,23,24). The molecule has 1 heterocycles. The van der Waals surface area contributed by atoms with Crippen LogP contribution in [0.3, 0.4) is 0 Å². The third kappa shape index (κ3) is 4.45. The van der Waals surface area contributed by atoms with Crippen LogP contribution in [0.1, 0.15) is 5.56 Å². The molecule has 2 N–H and O–H groups in total. The van der Waals surface area contributed by atoms with Gasteiger partial charge >= 0.3 is 0 Å². The highest BCUT2D eigenvalue weighted by Crippen LogP contribution is 2.14.